The van der Waals surface area contributed by atoms with Crippen LogP contribution in [-0.4, -0.2) is 41.8 Å². The monoisotopic (exact) mass is 642 g/mol. The van der Waals surface area contributed by atoms with Crippen molar-refractivity contribution in [1.82, 2.24) is 4.90 Å². The molecule has 0 aromatic heterocycles. The predicted octanol–water partition coefficient (Wildman–Crippen LogP) is 6.44. The molecule has 0 unspecified atom stereocenters. The van der Waals surface area contributed by atoms with Gasteiger partial charge in [0.15, 0.2) is 23.3 Å². The molecule has 1 heterocycles. The van der Waals surface area contributed by atoms with Crippen LogP contribution in [0.1, 0.15) is 25.0 Å². The molecule has 0 bridgehead atoms. The van der Waals surface area contributed by atoms with Crippen LogP contribution in [0.3, 0.4) is 0 Å². The minimum Gasteiger partial charge on any atom is -0.490 e. The van der Waals surface area contributed by atoms with Crippen LogP contribution < -0.4 is 9.47 Å². The van der Waals surface area contributed by atoms with Crippen LogP contribution in [0.4, 0.5) is 5.69 Å². The average molecular weight is 643 g/mol. The normalized spacial score (nSPS) is 15.2. The SMILES string of the molecule is CCOC(=O)COc1c(I)cc(/C=C2/SC(=Nc3ccccc3)N(Cc3ccccc3)C2=O)cc1OCC. The van der Waals surface area contributed by atoms with Gasteiger partial charge in [0.1, 0.15) is 0 Å². The van der Waals surface area contributed by atoms with Gasteiger partial charge >= 0.3 is 5.97 Å². The van der Waals surface area contributed by atoms with Crippen LogP contribution in [-0.2, 0) is 20.9 Å². The molecule has 7 nitrogen and oxygen atoms in total. The van der Waals surface area contributed by atoms with E-state index in [0.717, 1.165) is 20.4 Å². The molecule has 0 spiro atoms. The lowest BCUT2D eigenvalue weighted by atomic mass is 10.1. The van der Waals surface area contributed by atoms with Crippen LogP contribution in [0.15, 0.2) is 82.7 Å². The zero-order valence-corrected chi connectivity index (χ0v) is 24.0. The van der Waals surface area contributed by atoms with Gasteiger partial charge in [-0.2, -0.15) is 0 Å². The van der Waals surface area contributed by atoms with Crippen molar-refractivity contribution >= 4 is 63.2 Å². The Balaban J connectivity index is 1.65. The second-order valence-corrected chi connectivity index (χ2v) is 10.2. The van der Waals surface area contributed by atoms with Crippen molar-refractivity contribution in [1.29, 1.82) is 0 Å². The molecule has 1 amide bonds. The van der Waals surface area contributed by atoms with Crippen molar-refractivity contribution < 1.29 is 23.8 Å². The lowest BCUT2D eigenvalue weighted by molar-refractivity contribution is -0.145. The fourth-order valence-electron chi connectivity index (χ4n) is 3.67. The Kier molecular flexibility index (Phi) is 9.83. The largest absolute Gasteiger partial charge is 0.490 e. The van der Waals surface area contributed by atoms with Gasteiger partial charge in [-0.05, 0) is 89.7 Å². The average Bonchev–Trinajstić information content (AvgIpc) is 3.18. The standard InChI is InChI=1S/C29H27IN2O5S/c1-3-35-24-16-21(15-23(30)27(24)37-19-26(33)36-4-2)17-25-28(34)32(18-20-11-7-5-8-12-20)29(38-25)31-22-13-9-6-10-14-22/h5-17H,3-4,18-19H2,1-2H3/b25-17+,31-29?. The van der Waals surface area contributed by atoms with Gasteiger partial charge in [0, 0.05) is 0 Å². The first-order chi connectivity index (χ1) is 18.5. The number of amides is 1. The highest BCUT2D eigenvalue weighted by Gasteiger charge is 2.33. The van der Waals surface area contributed by atoms with E-state index in [4.69, 9.17) is 19.2 Å². The lowest BCUT2D eigenvalue weighted by Crippen LogP contribution is -2.28. The molecule has 0 saturated carbocycles. The summed E-state index contributed by atoms with van der Waals surface area (Å²) in [5, 5.41) is 0.616. The summed E-state index contributed by atoms with van der Waals surface area (Å²) in [7, 11) is 0. The molecule has 0 aliphatic carbocycles. The molecule has 0 atom stereocenters. The summed E-state index contributed by atoms with van der Waals surface area (Å²) >= 11 is 3.47. The van der Waals surface area contributed by atoms with E-state index in [0.29, 0.717) is 34.7 Å². The number of halogens is 1. The summed E-state index contributed by atoms with van der Waals surface area (Å²) < 4.78 is 17.2. The predicted molar refractivity (Wildman–Crippen MR) is 159 cm³/mol. The van der Waals surface area contributed by atoms with Crippen molar-refractivity contribution in [2.45, 2.75) is 20.4 Å². The third kappa shape index (κ3) is 7.16. The van der Waals surface area contributed by atoms with Crippen LogP contribution in [0.5, 0.6) is 11.5 Å². The van der Waals surface area contributed by atoms with Crippen LogP contribution >= 0.6 is 34.4 Å². The fraction of sp³-hybridized carbons (Fsp3) is 0.207. The molecule has 3 aromatic rings. The fourth-order valence-corrected chi connectivity index (χ4v) is 5.45. The minimum atomic E-state index is -0.450. The smallest absolute Gasteiger partial charge is 0.344 e. The zero-order chi connectivity index (χ0) is 26.9. The number of amidine groups is 1. The number of hydrogen-bond donors (Lipinski definition) is 0. The maximum absolute atomic E-state index is 13.6. The number of ether oxygens (including phenoxy) is 3. The summed E-state index contributed by atoms with van der Waals surface area (Å²) in [5.41, 5.74) is 2.57. The molecular formula is C29H27IN2O5S. The number of thioether (sulfide) groups is 1. The molecule has 3 aromatic carbocycles. The third-order valence-corrected chi connectivity index (χ3v) is 7.13. The van der Waals surface area contributed by atoms with Crippen molar-refractivity contribution in [3.63, 3.8) is 0 Å². The summed E-state index contributed by atoms with van der Waals surface area (Å²) in [6.45, 7) is 4.52. The maximum Gasteiger partial charge on any atom is 0.344 e. The molecule has 38 heavy (non-hydrogen) atoms. The molecule has 1 aliphatic rings. The third-order valence-electron chi connectivity index (χ3n) is 5.32. The number of nitrogens with zero attached hydrogens (tertiary/aromatic N) is 2. The second-order valence-electron chi connectivity index (χ2n) is 8.07. The second kappa shape index (κ2) is 13.5. The molecule has 9 heteroatoms. The first-order valence-electron chi connectivity index (χ1n) is 12.1. The maximum atomic E-state index is 13.6. The van der Waals surface area contributed by atoms with E-state index < -0.39 is 5.97 Å². The van der Waals surface area contributed by atoms with Crippen molar-refractivity contribution in [2.75, 3.05) is 19.8 Å². The van der Waals surface area contributed by atoms with Gasteiger partial charge in [-0.1, -0.05) is 48.5 Å². The molecule has 1 fully saturated rings. The van der Waals surface area contributed by atoms with Crippen LogP contribution in [0.25, 0.3) is 6.08 Å². The van der Waals surface area contributed by atoms with Crippen molar-refractivity contribution in [2.24, 2.45) is 4.99 Å². The number of esters is 1. The van der Waals surface area contributed by atoms with Crippen molar-refractivity contribution in [3.8, 4) is 11.5 Å². The summed E-state index contributed by atoms with van der Waals surface area (Å²) in [5.74, 6) is 0.383. The molecule has 1 aliphatic heterocycles. The lowest BCUT2D eigenvalue weighted by Gasteiger charge is -2.15. The zero-order valence-electron chi connectivity index (χ0n) is 21.1. The molecule has 196 valence electrons. The summed E-state index contributed by atoms with van der Waals surface area (Å²) in [4.78, 5) is 32.4. The first kappa shape index (κ1) is 27.7. The Morgan fingerprint density at radius 1 is 1.00 bits per heavy atom. The van der Waals surface area contributed by atoms with E-state index >= 15 is 0 Å². The number of aliphatic imine (C=N–C) groups is 1. The number of carbonyl (C=O) groups is 2. The van der Waals surface area contributed by atoms with Crippen LogP contribution in [0, 0.1) is 3.57 Å². The van der Waals surface area contributed by atoms with Gasteiger partial charge in [-0.15, -0.1) is 0 Å². The molecule has 0 radical (unpaired) electrons. The Bertz CT molecular complexity index is 1350. The van der Waals surface area contributed by atoms with E-state index in [1.807, 2.05) is 79.7 Å². The van der Waals surface area contributed by atoms with E-state index in [9.17, 15) is 9.59 Å². The molecule has 4 rings (SSSR count). The number of hydrogen-bond acceptors (Lipinski definition) is 7. The topological polar surface area (TPSA) is 77.4 Å². The highest BCUT2D eigenvalue weighted by Crippen LogP contribution is 2.38. The Labute approximate surface area is 240 Å². The molecule has 1 saturated heterocycles. The molecular weight excluding hydrogens is 615 g/mol. The van der Waals surface area contributed by atoms with Crippen LogP contribution in [0.2, 0.25) is 0 Å². The Morgan fingerprint density at radius 3 is 2.39 bits per heavy atom. The van der Waals surface area contributed by atoms with Gasteiger partial charge in [0.25, 0.3) is 5.91 Å². The minimum absolute atomic E-state index is 0.121. The first-order valence-corrected chi connectivity index (χ1v) is 14.0. The van der Waals surface area contributed by atoms with Gasteiger partial charge in [0.2, 0.25) is 0 Å². The summed E-state index contributed by atoms with van der Waals surface area (Å²) in [6.07, 6.45) is 1.83. The number of para-hydroxylation sites is 1. The number of rotatable bonds is 10. The highest BCUT2D eigenvalue weighted by molar-refractivity contribution is 14.1. The summed E-state index contributed by atoms with van der Waals surface area (Å²) in [6, 6.07) is 23.1. The quantitative estimate of drug-likeness (QED) is 0.144. The van der Waals surface area contributed by atoms with E-state index in [-0.39, 0.29) is 19.1 Å². The van der Waals surface area contributed by atoms with E-state index in [2.05, 4.69) is 22.6 Å². The van der Waals surface area contributed by atoms with Gasteiger partial charge in [0.05, 0.1) is 33.9 Å². The van der Waals surface area contributed by atoms with E-state index in [1.165, 1.54) is 11.8 Å². The van der Waals surface area contributed by atoms with Gasteiger partial charge < -0.3 is 14.2 Å². The van der Waals surface area contributed by atoms with Gasteiger partial charge in [-0.25, -0.2) is 9.79 Å². The Hall–Kier alpha value is -3.31. The highest BCUT2D eigenvalue weighted by atomic mass is 127. The van der Waals surface area contributed by atoms with E-state index in [1.54, 1.807) is 17.9 Å². The number of benzene rings is 3. The Morgan fingerprint density at radius 2 is 1.71 bits per heavy atom. The van der Waals surface area contributed by atoms with Gasteiger partial charge in [-0.3, -0.25) is 9.69 Å². The number of carbonyl (C=O) groups excluding carboxylic acids is 2. The molecule has 0 N–H and O–H groups in total. The van der Waals surface area contributed by atoms with Crippen molar-refractivity contribution in [3.05, 3.63) is 92.4 Å².